The van der Waals surface area contributed by atoms with Crippen LogP contribution in [0.15, 0.2) is 11.6 Å². The van der Waals surface area contributed by atoms with Crippen LogP contribution in [-0.4, -0.2) is 37.7 Å². The number of carbonyl (C=O) groups is 3. The van der Waals surface area contributed by atoms with Crippen molar-refractivity contribution in [2.24, 2.45) is 17.8 Å². The quantitative estimate of drug-likeness (QED) is 0.534. The molecular formula is C13H16O6. The van der Waals surface area contributed by atoms with E-state index in [0.717, 1.165) is 0 Å². The van der Waals surface area contributed by atoms with Crippen LogP contribution in [0, 0.1) is 17.8 Å². The lowest BCUT2D eigenvalue weighted by molar-refractivity contribution is -0.226. The molecule has 104 valence electrons. The first-order valence-corrected chi connectivity index (χ1v) is 5.93. The topological polar surface area (TPSA) is 78.9 Å². The van der Waals surface area contributed by atoms with Crippen LogP contribution in [0.25, 0.3) is 0 Å². The zero-order valence-corrected chi connectivity index (χ0v) is 11.3. The van der Waals surface area contributed by atoms with E-state index in [1.165, 1.54) is 20.3 Å². The molecule has 2 unspecified atom stereocenters. The summed E-state index contributed by atoms with van der Waals surface area (Å²) < 4.78 is 14.7. The van der Waals surface area contributed by atoms with Gasteiger partial charge in [-0.2, -0.15) is 0 Å². The lowest BCUT2D eigenvalue weighted by Crippen LogP contribution is -2.69. The van der Waals surface area contributed by atoms with Gasteiger partial charge in [-0.25, -0.2) is 4.79 Å². The van der Waals surface area contributed by atoms with E-state index < -0.39 is 35.3 Å². The molecule has 2 rings (SSSR count). The van der Waals surface area contributed by atoms with Crippen LogP contribution in [0.2, 0.25) is 0 Å². The van der Waals surface area contributed by atoms with Crippen molar-refractivity contribution >= 4 is 17.9 Å². The number of hydrogen-bond acceptors (Lipinski definition) is 6. The normalized spacial score (nSPS) is 36.3. The summed E-state index contributed by atoms with van der Waals surface area (Å²) in [7, 11) is 2.50. The summed E-state index contributed by atoms with van der Waals surface area (Å²) in [6.45, 7) is 3.39. The Balaban J connectivity index is 2.43. The Bertz CT molecular complexity index is 480. The van der Waals surface area contributed by atoms with E-state index in [0.29, 0.717) is 5.57 Å². The molecule has 0 saturated heterocycles. The molecule has 0 aromatic carbocycles. The van der Waals surface area contributed by atoms with Crippen molar-refractivity contribution in [2.75, 3.05) is 14.2 Å². The van der Waals surface area contributed by atoms with Crippen molar-refractivity contribution in [3.8, 4) is 0 Å². The number of methoxy groups -OCH3 is 2. The molecule has 4 atom stereocenters. The first kappa shape index (κ1) is 13.6. The fraction of sp³-hybridized carbons (Fsp3) is 0.615. The Labute approximate surface area is 110 Å². The monoisotopic (exact) mass is 268 g/mol. The fourth-order valence-corrected chi connectivity index (χ4v) is 3.28. The maximum atomic E-state index is 11.9. The Hall–Kier alpha value is -1.85. The molecule has 1 fully saturated rings. The SMILES string of the molecule is COC(=O)C1C(C(=O)OC)[C@@]2(C)OC(=O)C=C(C)[C@@H]12. The third kappa shape index (κ3) is 1.74. The molecule has 0 aromatic rings. The minimum Gasteiger partial charge on any atom is -0.469 e. The summed E-state index contributed by atoms with van der Waals surface area (Å²) in [5.41, 5.74) is -0.323. The molecule has 1 aliphatic carbocycles. The maximum absolute atomic E-state index is 11.9. The molecule has 0 spiro atoms. The molecule has 19 heavy (non-hydrogen) atoms. The molecule has 1 aliphatic heterocycles. The summed E-state index contributed by atoms with van der Waals surface area (Å²) >= 11 is 0. The van der Waals surface area contributed by atoms with Gasteiger partial charge in [0.05, 0.1) is 20.1 Å². The highest BCUT2D eigenvalue weighted by molar-refractivity contribution is 5.91. The van der Waals surface area contributed by atoms with E-state index in [2.05, 4.69) is 0 Å². The average Bonchev–Trinajstić information content (AvgIpc) is 2.33. The Kier molecular flexibility index (Phi) is 3.12. The van der Waals surface area contributed by atoms with E-state index in [1.807, 2.05) is 0 Å². The van der Waals surface area contributed by atoms with E-state index in [9.17, 15) is 14.4 Å². The van der Waals surface area contributed by atoms with Gasteiger partial charge in [-0.1, -0.05) is 5.57 Å². The smallest absolute Gasteiger partial charge is 0.331 e. The second-order valence-electron chi connectivity index (χ2n) is 5.02. The van der Waals surface area contributed by atoms with Gasteiger partial charge < -0.3 is 14.2 Å². The standard InChI is InChI=1S/C13H16O6/c1-6-5-7(14)19-13(2)9(6)8(11(15)17-3)10(13)12(16)18-4/h5,8-10H,1-4H3/t8?,9-,10?,13-/m0/s1. The second-order valence-corrected chi connectivity index (χ2v) is 5.02. The highest BCUT2D eigenvalue weighted by Gasteiger charge is 2.70. The zero-order valence-electron chi connectivity index (χ0n) is 11.3. The number of hydrogen-bond donors (Lipinski definition) is 0. The summed E-state index contributed by atoms with van der Waals surface area (Å²) in [5, 5.41) is 0. The third-order valence-electron chi connectivity index (χ3n) is 4.04. The van der Waals surface area contributed by atoms with Crippen molar-refractivity contribution in [3.05, 3.63) is 11.6 Å². The highest BCUT2D eigenvalue weighted by Crippen LogP contribution is 2.57. The van der Waals surface area contributed by atoms with Crippen molar-refractivity contribution in [3.63, 3.8) is 0 Å². The number of carbonyl (C=O) groups excluding carboxylic acids is 3. The number of rotatable bonds is 2. The number of esters is 3. The Morgan fingerprint density at radius 1 is 1.26 bits per heavy atom. The van der Waals surface area contributed by atoms with Crippen LogP contribution in [0.4, 0.5) is 0 Å². The average molecular weight is 268 g/mol. The van der Waals surface area contributed by atoms with Crippen LogP contribution >= 0.6 is 0 Å². The Morgan fingerprint density at radius 2 is 1.84 bits per heavy atom. The highest BCUT2D eigenvalue weighted by atomic mass is 16.6. The van der Waals surface area contributed by atoms with Crippen molar-refractivity contribution in [1.29, 1.82) is 0 Å². The minimum atomic E-state index is -1.04. The van der Waals surface area contributed by atoms with Crippen molar-refractivity contribution < 1.29 is 28.6 Å². The van der Waals surface area contributed by atoms with E-state index in [1.54, 1.807) is 13.8 Å². The lowest BCUT2D eigenvalue weighted by Gasteiger charge is -2.57. The molecule has 6 nitrogen and oxygen atoms in total. The Morgan fingerprint density at radius 3 is 2.37 bits per heavy atom. The molecule has 2 aliphatic rings. The van der Waals surface area contributed by atoms with E-state index >= 15 is 0 Å². The van der Waals surface area contributed by atoms with Gasteiger partial charge in [0.2, 0.25) is 0 Å². The molecule has 0 radical (unpaired) electrons. The minimum absolute atomic E-state index is 0.346. The van der Waals surface area contributed by atoms with Crippen LogP contribution in [0.3, 0.4) is 0 Å². The van der Waals surface area contributed by atoms with E-state index in [4.69, 9.17) is 14.2 Å². The fourth-order valence-electron chi connectivity index (χ4n) is 3.28. The van der Waals surface area contributed by atoms with Crippen molar-refractivity contribution in [1.82, 2.24) is 0 Å². The molecule has 6 heteroatoms. The van der Waals surface area contributed by atoms with Gasteiger partial charge >= 0.3 is 17.9 Å². The van der Waals surface area contributed by atoms with Gasteiger partial charge in [0.15, 0.2) is 0 Å². The summed E-state index contributed by atoms with van der Waals surface area (Å²) in [6.07, 6.45) is 1.34. The first-order chi connectivity index (χ1) is 8.86. The predicted molar refractivity (Wildman–Crippen MR) is 62.8 cm³/mol. The van der Waals surface area contributed by atoms with Crippen LogP contribution in [0.1, 0.15) is 13.8 Å². The van der Waals surface area contributed by atoms with Gasteiger partial charge in [0, 0.05) is 12.0 Å². The van der Waals surface area contributed by atoms with Crippen molar-refractivity contribution in [2.45, 2.75) is 19.4 Å². The van der Waals surface area contributed by atoms with Gasteiger partial charge in [-0.15, -0.1) is 0 Å². The van der Waals surface area contributed by atoms with Gasteiger partial charge in [0.25, 0.3) is 0 Å². The van der Waals surface area contributed by atoms with Gasteiger partial charge in [0.1, 0.15) is 11.5 Å². The van der Waals surface area contributed by atoms with Gasteiger partial charge in [-0.05, 0) is 13.8 Å². The zero-order chi connectivity index (χ0) is 14.4. The molecule has 1 saturated carbocycles. The molecule has 0 N–H and O–H groups in total. The van der Waals surface area contributed by atoms with Crippen LogP contribution in [-0.2, 0) is 28.6 Å². The maximum Gasteiger partial charge on any atom is 0.331 e. The van der Waals surface area contributed by atoms with Gasteiger partial charge in [-0.3, -0.25) is 9.59 Å². The predicted octanol–water partition coefficient (Wildman–Crippen LogP) is 0.456. The van der Waals surface area contributed by atoms with Crippen LogP contribution < -0.4 is 0 Å². The molecule has 0 amide bonds. The number of fused-ring (bicyclic) bond motifs is 1. The summed E-state index contributed by atoms with van der Waals surface area (Å²) in [6, 6.07) is 0. The second kappa shape index (κ2) is 4.36. The summed E-state index contributed by atoms with van der Waals surface area (Å²) in [5.74, 6) is -3.43. The van der Waals surface area contributed by atoms with E-state index in [-0.39, 0.29) is 5.92 Å². The summed E-state index contributed by atoms with van der Waals surface area (Å²) in [4.78, 5) is 35.2. The molecule has 0 bridgehead atoms. The number of ether oxygens (including phenoxy) is 3. The molecule has 0 aromatic heterocycles. The molecule has 1 heterocycles. The lowest BCUT2D eigenvalue weighted by atomic mass is 9.51. The molecular weight excluding hydrogens is 252 g/mol. The third-order valence-corrected chi connectivity index (χ3v) is 4.04. The largest absolute Gasteiger partial charge is 0.469 e. The van der Waals surface area contributed by atoms with Crippen LogP contribution in [0.5, 0.6) is 0 Å². The first-order valence-electron chi connectivity index (χ1n) is 5.93.